The maximum absolute atomic E-state index is 12.9. The molecular formula is C21H20ClN5O3. The van der Waals surface area contributed by atoms with Gasteiger partial charge < -0.3 is 14.9 Å². The van der Waals surface area contributed by atoms with Gasteiger partial charge >= 0.3 is 0 Å². The Balaban J connectivity index is 1.58. The number of benzene rings is 1. The second kappa shape index (κ2) is 8.25. The smallest absolute Gasteiger partial charge is 0.274 e. The van der Waals surface area contributed by atoms with E-state index in [2.05, 4.69) is 20.4 Å². The van der Waals surface area contributed by atoms with Crippen molar-refractivity contribution < 1.29 is 14.4 Å². The number of nitrogens with one attached hydrogen (secondary N) is 1. The van der Waals surface area contributed by atoms with Crippen molar-refractivity contribution in [3.05, 3.63) is 64.9 Å². The van der Waals surface area contributed by atoms with Crippen molar-refractivity contribution in [2.45, 2.75) is 32.8 Å². The van der Waals surface area contributed by atoms with Gasteiger partial charge in [-0.25, -0.2) is 4.98 Å². The second-order valence-corrected chi connectivity index (χ2v) is 7.41. The summed E-state index contributed by atoms with van der Waals surface area (Å²) in [7, 11) is 0. The van der Waals surface area contributed by atoms with Crippen LogP contribution in [0.5, 0.6) is 0 Å². The van der Waals surface area contributed by atoms with Crippen LogP contribution in [0.25, 0.3) is 17.0 Å². The molecule has 0 spiro atoms. The topological polar surface area (TPSA) is 106 Å². The number of aromatic nitrogens is 4. The average molecular weight is 426 g/mol. The standard InChI is InChI=1S/C21H20ClN5O3/c1-3-15(28)10-19-25-20(26-30-19)13-5-4-12(2)16(8-13)24-21(29)17-11-23-18-9-14(22)6-7-27(17)18/h4-9,11,15,28H,3,10H2,1-2H3,(H,24,29)/t15-/m1/s1. The van der Waals surface area contributed by atoms with Crippen LogP contribution in [-0.2, 0) is 6.42 Å². The Labute approximate surface area is 177 Å². The number of aryl methyl sites for hydroxylation is 1. The van der Waals surface area contributed by atoms with E-state index in [0.717, 1.165) is 5.56 Å². The zero-order chi connectivity index (χ0) is 21.3. The first-order valence-electron chi connectivity index (χ1n) is 9.50. The van der Waals surface area contributed by atoms with Gasteiger partial charge in [0.1, 0.15) is 11.3 Å². The van der Waals surface area contributed by atoms with Crippen molar-refractivity contribution in [2.75, 3.05) is 5.32 Å². The monoisotopic (exact) mass is 425 g/mol. The van der Waals surface area contributed by atoms with Crippen molar-refractivity contribution in [3.8, 4) is 11.4 Å². The number of aliphatic hydroxyl groups is 1. The third kappa shape index (κ3) is 4.05. The fourth-order valence-corrected chi connectivity index (χ4v) is 3.16. The Kier molecular flexibility index (Phi) is 5.52. The first kappa shape index (κ1) is 20.1. The molecule has 0 bridgehead atoms. The molecule has 9 heteroatoms. The lowest BCUT2D eigenvalue weighted by molar-refractivity contribution is 0.102. The van der Waals surface area contributed by atoms with E-state index >= 15 is 0 Å². The molecule has 3 heterocycles. The quantitative estimate of drug-likeness (QED) is 0.485. The number of nitrogens with zero attached hydrogens (tertiary/aromatic N) is 4. The van der Waals surface area contributed by atoms with Crippen molar-refractivity contribution in [1.82, 2.24) is 19.5 Å². The van der Waals surface area contributed by atoms with Gasteiger partial charge in [-0.2, -0.15) is 4.98 Å². The lowest BCUT2D eigenvalue weighted by atomic mass is 10.1. The maximum Gasteiger partial charge on any atom is 0.274 e. The summed E-state index contributed by atoms with van der Waals surface area (Å²) in [5.41, 5.74) is 3.19. The molecule has 0 radical (unpaired) electrons. The van der Waals surface area contributed by atoms with Crippen LogP contribution in [0.15, 0.2) is 47.2 Å². The Morgan fingerprint density at radius 3 is 2.97 bits per heavy atom. The summed E-state index contributed by atoms with van der Waals surface area (Å²) in [5, 5.41) is 17.2. The molecule has 3 aromatic heterocycles. The van der Waals surface area contributed by atoms with Crippen LogP contribution in [0, 0.1) is 6.92 Å². The number of carbonyl (C=O) groups excluding carboxylic acids is 1. The highest BCUT2D eigenvalue weighted by atomic mass is 35.5. The molecule has 2 N–H and O–H groups in total. The highest BCUT2D eigenvalue weighted by Gasteiger charge is 2.16. The van der Waals surface area contributed by atoms with Crippen molar-refractivity contribution >= 4 is 28.8 Å². The number of hydrogen-bond acceptors (Lipinski definition) is 6. The molecule has 0 saturated carbocycles. The summed E-state index contributed by atoms with van der Waals surface area (Å²) in [6, 6.07) is 8.90. The number of fused-ring (bicyclic) bond motifs is 1. The summed E-state index contributed by atoms with van der Waals surface area (Å²) >= 11 is 5.98. The highest BCUT2D eigenvalue weighted by molar-refractivity contribution is 6.30. The molecule has 0 aliphatic heterocycles. The highest BCUT2D eigenvalue weighted by Crippen LogP contribution is 2.25. The number of rotatable bonds is 6. The lowest BCUT2D eigenvalue weighted by Gasteiger charge is -2.09. The number of pyridine rings is 1. The van der Waals surface area contributed by atoms with Crippen molar-refractivity contribution in [2.24, 2.45) is 0 Å². The van der Waals surface area contributed by atoms with Crippen LogP contribution in [-0.4, -0.2) is 36.6 Å². The Morgan fingerprint density at radius 2 is 2.17 bits per heavy atom. The van der Waals surface area contributed by atoms with Gasteiger partial charge in [-0.05, 0) is 31.0 Å². The van der Waals surface area contributed by atoms with Gasteiger partial charge in [-0.1, -0.05) is 35.8 Å². The van der Waals surface area contributed by atoms with Gasteiger partial charge in [0.05, 0.1) is 18.7 Å². The van der Waals surface area contributed by atoms with E-state index in [1.54, 1.807) is 28.8 Å². The van der Waals surface area contributed by atoms with Crippen molar-refractivity contribution in [1.29, 1.82) is 0 Å². The van der Waals surface area contributed by atoms with Gasteiger partial charge in [-0.15, -0.1) is 0 Å². The molecule has 0 aliphatic carbocycles. The van der Waals surface area contributed by atoms with E-state index in [-0.39, 0.29) is 5.91 Å². The van der Waals surface area contributed by atoms with Gasteiger partial charge in [0, 0.05) is 28.5 Å². The maximum atomic E-state index is 12.9. The number of hydrogen-bond donors (Lipinski definition) is 2. The summed E-state index contributed by atoms with van der Waals surface area (Å²) in [6.07, 6.45) is 3.59. The van der Waals surface area contributed by atoms with Crippen LogP contribution in [0.2, 0.25) is 5.02 Å². The fraction of sp³-hybridized carbons (Fsp3) is 0.238. The van der Waals surface area contributed by atoms with Crippen LogP contribution in [0.1, 0.15) is 35.3 Å². The van der Waals surface area contributed by atoms with Crippen molar-refractivity contribution in [3.63, 3.8) is 0 Å². The van der Waals surface area contributed by atoms with E-state index in [1.807, 2.05) is 26.0 Å². The summed E-state index contributed by atoms with van der Waals surface area (Å²) in [6.45, 7) is 3.78. The third-order valence-electron chi connectivity index (χ3n) is 4.80. The first-order chi connectivity index (χ1) is 14.4. The van der Waals surface area contributed by atoms with Crippen LogP contribution >= 0.6 is 11.6 Å². The number of carbonyl (C=O) groups is 1. The van der Waals surface area contributed by atoms with E-state index in [1.165, 1.54) is 6.20 Å². The zero-order valence-corrected chi connectivity index (χ0v) is 17.2. The summed E-state index contributed by atoms with van der Waals surface area (Å²) < 4.78 is 6.90. The molecule has 0 fully saturated rings. The molecule has 154 valence electrons. The molecule has 4 aromatic rings. The van der Waals surface area contributed by atoms with E-state index in [4.69, 9.17) is 16.1 Å². The van der Waals surface area contributed by atoms with Crippen LogP contribution in [0.4, 0.5) is 5.69 Å². The number of aliphatic hydroxyl groups excluding tert-OH is 1. The van der Waals surface area contributed by atoms with Gasteiger partial charge in [0.2, 0.25) is 11.7 Å². The molecule has 4 rings (SSSR count). The molecule has 8 nitrogen and oxygen atoms in total. The number of halogens is 1. The van der Waals surface area contributed by atoms with E-state index in [0.29, 0.717) is 52.2 Å². The average Bonchev–Trinajstić information content (AvgIpc) is 3.36. The molecular weight excluding hydrogens is 406 g/mol. The Hall–Kier alpha value is -3.23. The number of amides is 1. The summed E-state index contributed by atoms with van der Waals surface area (Å²) in [5.74, 6) is 0.466. The number of anilines is 1. The van der Waals surface area contributed by atoms with Gasteiger partial charge in [-0.3, -0.25) is 9.20 Å². The van der Waals surface area contributed by atoms with Crippen LogP contribution in [0.3, 0.4) is 0 Å². The molecule has 0 unspecified atom stereocenters. The molecule has 1 atom stereocenters. The SMILES string of the molecule is CC[C@@H](O)Cc1nc(-c2ccc(C)c(NC(=O)c3cnc4cc(Cl)ccn34)c2)no1. The minimum Gasteiger partial charge on any atom is -0.393 e. The summed E-state index contributed by atoms with van der Waals surface area (Å²) in [4.78, 5) is 21.4. The zero-order valence-electron chi connectivity index (χ0n) is 16.5. The predicted octanol–water partition coefficient (Wildman–Crippen LogP) is 3.91. The Bertz CT molecular complexity index is 1220. The first-order valence-corrected chi connectivity index (χ1v) is 9.88. The molecule has 0 aliphatic rings. The van der Waals surface area contributed by atoms with Crippen LogP contribution < -0.4 is 5.32 Å². The van der Waals surface area contributed by atoms with Gasteiger partial charge in [0.15, 0.2) is 0 Å². The fourth-order valence-electron chi connectivity index (χ4n) is 3.01. The predicted molar refractivity (Wildman–Crippen MR) is 113 cm³/mol. The van der Waals surface area contributed by atoms with E-state index in [9.17, 15) is 9.90 Å². The van der Waals surface area contributed by atoms with E-state index < -0.39 is 6.10 Å². The minimum atomic E-state index is -0.522. The Morgan fingerprint density at radius 1 is 1.33 bits per heavy atom. The molecule has 1 aromatic carbocycles. The minimum absolute atomic E-state index is 0.301. The molecule has 0 saturated heterocycles. The largest absolute Gasteiger partial charge is 0.393 e. The molecule has 1 amide bonds. The second-order valence-electron chi connectivity index (χ2n) is 6.98. The normalized spacial score (nSPS) is 12.3. The molecule has 30 heavy (non-hydrogen) atoms. The number of imidazole rings is 1. The lowest BCUT2D eigenvalue weighted by Crippen LogP contribution is -2.15. The third-order valence-corrected chi connectivity index (χ3v) is 5.04. The van der Waals surface area contributed by atoms with Gasteiger partial charge in [0.25, 0.3) is 5.91 Å².